The molecule has 0 spiro atoms. The van der Waals surface area contributed by atoms with Gasteiger partial charge < -0.3 is 14.0 Å². The Bertz CT molecular complexity index is 1120. The molecule has 9 heteroatoms. The highest BCUT2D eigenvalue weighted by molar-refractivity contribution is 7.89. The van der Waals surface area contributed by atoms with Crippen LogP contribution >= 0.6 is 0 Å². The van der Waals surface area contributed by atoms with Gasteiger partial charge in [-0.25, -0.2) is 14.3 Å². The van der Waals surface area contributed by atoms with Gasteiger partial charge in [-0.15, -0.1) is 9.82 Å². The van der Waals surface area contributed by atoms with Gasteiger partial charge >= 0.3 is 5.76 Å². The van der Waals surface area contributed by atoms with E-state index in [1.54, 1.807) is 18.2 Å². The average molecular weight is 386 g/mol. The number of halogens is 1. The molecule has 1 atom stereocenters. The second-order valence-corrected chi connectivity index (χ2v) is 7.13. The highest BCUT2D eigenvalue weighted by Gasteiger charge is 2.13. The number of aromatic nitrogens is 3. The van der Waals surface area contributed by atoms with Crippen molar-refractivity contribution in [3.63, 3.8) is 0 Å². The monoisotopic (exact) mass is 386 g/mol. The number of benzene rings is 2. The number of aromatic amines is 2. The Morgan fingerprint density at radius 1 is 1.22 bits per heavy atom. The van der Waals surface area contributed by atoms with E-state index in [2.05, 4.69) is 19.9 Å². The normalized spacial score (nSPS) is 12.5. The highest BCUT2D eigenvalue weighted by atomic mass is 32.2. The topological polar surface area (TPSA) is 110 Å². The Morgan fingerprint density at radius 3 is 2.78 bits per heavy atom. The Morgan fingerprint density at radius 2 is 2.04 bits per heavy atom. The molecule has 0 bridgehead atoms. The molecule has 0 saturated heterocycles. The molecule has 4 aromatic rings. The van der Waals surface area contributed by atoms with Gasteiger partial charge in [-0.1, -0.05) is 0 Å². The molecule has 138 valence electrons. The molecule has 2 aromatic carbocycles. The molecule has 0 radical (unpaired) electrons. The Labute approximate surface area is 155 Å². The van der Waals surface area contributed by atoms with E-state index < -0.39 is 17.1 Å². The van der Waals surface area contributed by atoms with E-state index in [0.29, 0.717) is 17.9 Å². The van der Waals surface area contributed by atoms with Gasteiger partial charge in [0.1, 0.15) is 5.82 Å². The van der Waals surface area contributed by atoms with Crippen LogP contribution in [0.3, 0.4) is 0 Å². The lowest BCUT2D eigenvalue weighted by Gasteiger charge is -2.10. The van der Waals surface area contributed by atoms with Gasteiger partial charge in [-0.2, -0.15) is 0 Å². The second-order valence-electron chi connectivity index (χ2n) is 5.84. The van der Waals surface area contributed by atoms with Crippen LogP contribution in [-0.2, 0) is 17.8 Å². The Kier molecular flexibility index (Phi) is 4.80. The van der Waals surface area contributed by atoms with Gasteiger partial charge in [0, 0.05) is 29.1 Å². The minimum Gasteiger partial charge on any atom is -0.593 e. The maximum absolute atomic E-state index is 13.3. The molecule has 2 heterocycles. The molecular formula is C18H15FN4O3S. The summed E-state index contributed by atoms with van der Waals surface area (Å²) in [6.07, 6.45) is 2.17. The number of hydrogen-bond acceptors (Lipinski definition) is 5. The zero-order chi connectivity index (χ0) is 18.8. The van der Waals surface area contributed by atoms with E-state index in [4.69, 9.17) is 4.42 Å². The van der Waals surface area contributed by atoms with E-state index >= 15 is 0 Å². The zero-order valence-electron chi connectivity index (χ0n) is 14.0. The van der Waals surface area contributed by atoms with Crippen molar-refractivity contribution in [1.29, 1.82) is 0 Å². The molecule has 0 fully saturated rings. The lowest BCUT2D eigenvalue weighted by Crippen LogP contribution is -2.26. The SMILES string of the molecule is O=c1[nH]nc(CCN[S+]([O-])c2ccc(-c3c[nH]c4cc(F)ccc34)cc2)o1. The van der Waals surface area contributed by atoms with Crippen molar-refractivity contribution in [2.24, 2.45) is 0 Å². The van der Waals surface area contributed by atoms with Gasteiger partial charge in [0.25, 0.3) is 0 Å². The summed E-state index contributed by atoms with van der Waals surface area (Å²) in [4.78, 5) is 14.5. The predicted octanol–water partition coefficient (Wildman–Crippen LogP) is 2.51. The standard InChI is InChI=1S/C18H15FN4O3S/c19-12-3-6-14-15(10-20-16(14)9-12)11-1-4-13(5-2-11)27(25)21-8-7-17-22-23-18(24)26-17/h1-6,9-10,20-21H,7-8H2,(H,23,24). The summed E-state index contributed by atoms with van der Waals surface area (Å²) < 4.78 is 33.3. The molecule has 7 nitrogen and oxygen atoms in total. The third-order valence-corrected chi connectivity index (χ3v) is 5.24. The first-order valence-corrected chi connectivity index (χ1v) is 9.32. The summed E-state index contributed by atoms with van der Waals surface area (Å²) in [5.41, 5.74) is 2.61. The molecule has 27 heavy (non-hydrogen) atoms. The van der Waals surface area contributed by atoms with Crippen LogP contribution in [0.1, 0.15) is 5.89 Å². The first-order valence-electron chi connectivity index (χ1n) is 8.17. The first kappa shape index (κ1) is 17.5. The lowest BCUT2D eigenvalue weighted by molar-refractivity contribution is 0.460. The number of nitrogens with zero attached hydrogens (tertiary/aromatic N) is 1. The largest absolute Gasteiger partial charge is 0.593 e. The minimum atomic E-state index is -1.40. The van der Waals surface area contributed by atoms with Crippen LogP contribution < -0.4 is 10.5 Å². The third-order valence-electron chi connectivity index (χ3n) is 4.08. The molecule has 0 aliphatic rings. The second kappa shape index (κ2) is 7.39. The van der Waals surface area contributed by atoms with Crippen LogP contribution in [0.2, 0.25) is 0 Å². The number of nitrogens with one attached hydrogen (secondary N) is 3. The summed E-state index contributed by atoms with van der Waals surface area (Å²) in [5, 5.41) is 6.78. The van der Waals surface area contributed by atoms with Crippen molar-refractivity contribution in [2.75, 3.05) is 6.54 Å². The molecule has 0 saturated carbocycles. The van der Waals surface area contributed by atoms with Crippen molar-refractivity contribution in [2.45, 2.75) is 11.3 Å². The average Bonchev–Trinajstić information content (AvgIpc) is 3.27. The summed E-state index contributed by atoms with van der Waals surface area (Å²) in [6.45, 7) is 0.343. The summed E-state index contributed by atoms with van der Waals surface area (Å²) in [5.74, 6) is -0.640. The quantitative estimate of drug-likeness (QED) is 0.441. The molecule has 1 unspecified atom stereocenters. The molecule has 2 aromatic heterocycles. The van der Waals surface area contributed by atoms with E-state index in [1.807, 2.05) is 18.3 Å². The van der Waals surface area contributed by atoms with Crippen molar-refractivity contribution in [3.05, 3.63) is 70.9 Å². The minimum absolute atomic E-state index is 0.260. The number of H-pyrrole nitrogens is 2. The maximum atomic E-state index is 13.3. The Balaban J connectivity index is 1.44. The first-order chi connectivity index (χ1) is 13.1. The number of rotatable bonds is 6. The summed E-state index contributed by atoms with van der Waals surface area (Å²) in [7, 11) is 0. The fourth-order valence-corrected chi connectivity index (χ4v) is 3.63. The lowest BCUT2D eigenvalue weighted by atomic mass is 10.1. The molecule has 0 amide bonds. The molecule has 0 aliphatic heterocycles. The summed E-state index contributed by atoms with van der Waals surface area (Å²) in [6, 6.07) is 11.9. The van der Waals surface area contributed by atoms with Gasteiger partial charge in [-0.05, 0) is 48.0 Å². The van der Waals surface area contributed by atoms with Crippen LogP contribution in [0.25, 0.3) is 22.0 Å². The van der Waals surface area contributed by atoms with Crippen LogP contribution in [0.5, 0.6) is 0 Å². The summed E-state index contributed by atoms with van der Waals surface area (Å²) >= 11 is -1.40. The van der Waals surface area contributed by atoms with Gasteiger partial charge in [0.15, 0.2) is 4.90 Å². The van der Waals surface area contributed by atoms with Gasteiger partial charge in [0.05, 0.1) is 17.9 Å². The molecule has 0 aliphatic carbocycles. The molecule has 4 rings (SSSR count). The number of hydrogen-bond donors (Lipinski definition) is 3. The van der Waals surface area contributed by atoms with Crippen molar-refractivity contribution >= 4 is 22.3 Å². The third kappa shape index (κ3) is 3.80. The fraction of sp³-hybridized carbons (Fsp3) is 0.111. The van der Waals surface area contributed by atoms with Crippen LogP contribution in [0.4, 0.5) is 4.39 Å². The highest BCUT2D eigenvalue weighted by Crippen LogP contribution is 2.29. The maximum Gasteiger partial charge on any atom is 0.434 e. The molecule has 3 N–H and O–H groups in total. The van der Waals surface area contributed by atoms with E-state index in [1.165, 1.54) is 12.1 Å². The van der Waals surface area contributed by atoms with E-state index in [9.17, 15) is 13.7 Å². The van der Waals surface area contributed by atoms with E-state index in [-0.39, 0.29) is 11.7 Å². The van der Waals surface area contributed by atoms with Crippen molar-refractivity contribution < 1.29 is 13.4 Å². The smallest absolute Gasteiger partial charge is 0.434 e. The molecular weight excluding hydrogens is 371 g/mol. The van der Waals surface area contributed by atoms with Crippen molar-refractivity contribution in [3.8, 4) is 11.1 Å². The van der Waals surface area contributed by atoms with Crippen molar-refractivity contribution in [1.82, 2.24) is 19.9 Å². The van der Waals surface area contributed by atoms with Crippen LogP contribution in [-0.4, -0.2) is 26.3 Å². The fourth-order valence-electron chi connectivity index (χ4n) is 2.80. The van der Waals surface area contributed by atoms with Crippen LogP contribution in [0.15, 0.2) is 62.8 Å². The predicted molar refractivity (Wildman–Crippen MR) is 98.9 cm³/mol. The van der Waals surface area contributed by atoms with Gasteiger partial charge in [0.2, 0.25) is 5.89 Å². The van der Waals surface area contributed by atoms with Crippen LogP contribution in [0, 0.1) is 5.82 Å². The number of fused-ring (bicyclic) bond motifs is 1. The Hall–Kier alpha value is -2.88. The van der Waals surface area contributed by atoms with E-state index in [0.717, 1.165) is 22.0 Å². The van der Waals surface area contributed by atoms with Gasteiger partial charge in [-0.3, -0.25) is 0 Å². The zero-order valence-corrected chi connectivity index (χ0v) is 14.8.